The normalized spacial score (nSPS) is 10.3. The van der Waals surface area contributed by atoms with E-state index in [0.29, 0.717) is 17.5 Å². The minimum atomic E-state index is 0.424. The number of rotatable bonds is 1. The third-order valence-corrected chi connectivity index (χ3v) is 1.26. The second kappa shape index (κ2) is 2.23. The van der Waals surface area contributed by atoms with Crippen LogP contribution in [0, 0.1) is 6.92 Å². The van der Waals surface area contributed by atoms with E-state index in [1.54, 1.807) is 25.3 Å². The van der Waals surface area contributed by atoms with E-state index in [4.69, 9.17) is 8.83 Å². The highest BCUT2D eigenvalue weighted by Crippen LogP contribution is 2.16. The van der Waals surface area contributed by atoms with Crippen molar-refractivity contribution >= 4 is 0 Å². The fourth-order valence-corrected chi connectivity index (χ4v) is 0.796. The zero-order valence-electron chi connectivity index (χ0n) is 5.94. The largest absolute Gasteiger partial charge is 0.459 e. The number of aryl methyl sites for hydroxylation is 1. The van der Waals surface area contributed by atoms with Crippen LogP contribution < -0.4 is 0 Å². The van der Waals surface area contributed by atoms with Gasteiger partial charge in [0.1, 0.15) is 0 Å². The maximum atomic E-state index is 5.11. The molecule has 0 bridgehead atoms. The Morgan fingerprint density at radius 2 is 2.27 bits per heavy atom. The lowest BCUT2D eigenvalue weighted by atomic mass is 10.5. The van der Waals surface area contributed by atoms with Gasteiger partial charge in [0.25, 0.3) is 5.89 Å². The van der Waals surface area contributed by atoms with Crippen LogP contribution in [0.5, 0.6) is 0 Å². The summed E-state index contributed by atoms with van der Waals surface area (Å²) >= 11 is 0. The Bertz CT molecular complexity index is 337. The molecule has 0 fully saturated rings. The van der Waals surface area contributed by atoms with E-state index < -0.39 is 0 Å². The summed E-state index contributed by atoms with van der Waals surface area (Å²) in [5, 5.41) is 7.44. The minimum absolute atomic E-state index is 0.424. The number of hydrogen-bond donors (Lipinski definition) is 0. The Labute approximate surface area is 62.8 Å². The standard InChI is InChI=1S/C7H6N2O2/c1-5-8-9-7(11-5)6-3-2-4-10-6/h2-4H,1H3. The molecule has 0 saturated carbocycles. The lowest BCUT2D eigenvalue weighted by Gasteiger charge is -1.82. The summed E-state index contributed by atoms with van der Waals surface area (Å²) in [6, 6.07) is 3.54. The van der Waals surface area contributed by atoms with Crippen molar-refractivity contribution in [3.63, 3.8) is 0 Å². The monoisotopic (exact) mass is 150 g/mol. The Morgan fingerprint density at radius 3 is 2.82 bits per heavy atom. The van der Waals surface area contributed by atoms with Gasteiger partial charge < -0.3 is 8.83 Å². The van der Waals surface area contributed by atoms with E-state index in [9.17, 15) is 0 Å². The summed E-state index contributed by atoms with van der Waals surface area (Å²) in [5.41, 5.74) is 0. The van der Waals surface area contributed by atoms with Gasteiger partial charge in [-0.25, -0.2) is 0 Å². The maximum Gasteiger partial charge on any atom is 0.283 e. The summed E-state index contributed by atoms with van der Waals surface area (Å²) in [4.78, 5) is 0. The molecule has 2 aromatic rings. The SMILES string of the molecule is Cc1nnc(-c2ccco2)o1. The van der Waals surface area contributed by atoms with E-state index in [-0.39, 0.29) is 0 Å². The van der Waals surface area contributed by atoms with Gasteiger partial charge in [0.05, 0.1) is 6.26 Å². The predicted octanol–water partition coefficient (Wildman–Crippen LogP) is 1.64. The van der Waals surface area contributed by atoms with Gasteiger partial charge in [-0.15, -0.1) is 10.2 Å². The molecule has 2 rings (SSSR count). The Hall–Kier alpha value is -1.58. The van der Waals surface area contributed by atoms with Gasteiger partial charge in [-0.1, -0.05) is 0 Å². The molecule has 4 heteroatoms. The predicted molar refractivity (Wildman–Crippen MR) is 36.7 cm³/mol. The van der Waals surface area contributed by atoms with Gasteiger partial charge in [-0.3, -0.25) is 0 Å². The molecule has 0 aliphatic carbocycles. The highest BCUT2D eigenvalue weighted by atomic mass is 16.4. The molecule has 56 valence electrons. The average molecular weight is 150 g/mol. The molecule has 0 radical (unpaired) electrons. The van der Waals surface area contributed by atoms with Crippen LogP contribution in [0.2, 0.25) is 0 Å². The molecule has 0 unspecified atom stereocenters. The number of aromatic nitrogens is 2. The van der Waals surface area contributed by atoms with Gasteiger partial charge in [-0.2, -0.15) is 0 Å². The van der Waals surface area contributed by atoms with Crippen LogP contribution in [0.1, 0.15) is 5.89 Å². The summed E-state index contributed by atoms with van der Waals surface area (Å²) in [6.45, 7) is 1.74. The summed E-state index contributed by atoms with van der Waals surface area (Å²) in [5.74, 6) is 1.56. The van der Waals surface area contributed by atoms with Crippen molar-refractivity contribution in [2.75, 3.05) is 0 Å². The molecule has 2 heterocycles. The molecule has 4 nitrogen and oxygen atoms in total. The van der Waals surface area contributed by atoms with Crippen LogP contribution in [0.4, 0.5) is 0 Å². The first-order valence-corrected chi connectivity index (χ1v) is 3.20. The average Bonchev–Trinajstić information content (AvgIpc) is 2.55. The van der Waals surface area contributed by atoms with Gasteiger partial charge in [-0.05, 0) is 12.1 Å². The molecule has 0 amide bonds. The summed E-state index contributed by atoms with van der Waals surface area (Å²) in [7, 11) is 0. The molecule has 0 aromatic carbocycles. The highest BCUT2D eigenvalue weighted by Gasteiger charge is 2.06. The van der Waals surface area contributed by atoms with E-state index in [1.165, 1.54) is 0 Å². The minimum Gasteiger partial charge on any atom is -0.459 e. The number of hydrogen-bond acceptors (Lipinski definition) is 4. The van der Waals surface area contributed by atoms with Crippen LogP contribution in [0.3, 0.4) is 0 Å². The third-order valence-electron chi connectivity index (χ3n) is 1.26. The van der Waals surface area contributed by atoms with Crippen molar-refractivity contribution in [3.05, 3.63) is 24.3 Å². The quantitative estimate of drug-likeness (QED) is 0.620. The zero-order chi connectivity index (χ0) is 7.68. The van der Waals surface area contributed by atoms with E-state index in [2.05, 4.69) is 10.2 Å². The first-order valence-electron chi connectivity index (χ1n) is 3.20. The van der Waals surface area contributed by atoms with Crippen molar-refractivity contribution in [3.8, 4) is 11.7 Å². The molecule has 0 spiro atoms. The zero-order valence-corrected chi connectivity index (χ0v) is 5.94. The molecule has 0 aliphatic heterocycles. The van der Waals surface area contributed by atoms with Gasteiger partial charge in [0.15, 0.2) is 5.76 Å². The van der Waals surface area contributed by atoms with E-state index >= 15 is 0 Å². The lowest BCUT2D eigenvalue weighted by molar-refractivity contribution is 0.497. The molecule has 0 saturated heterocycles. The summed E-state index contributed by atoms with van der Waals surface area (Å²) in [6.07, 6.45) is 1.56. The Balaban J connectivity index is 2.45. The van der Waals surface area contributed by atoms with Crippen molar-refractivity contribution in [2.45, 2.75) is 6.92 Å². The smallest absolute Gasteiger partial charge is 0.283 e. The fraction of sp³-hybridized carbons (Fsp3) is 0.143. The second-order valence-electron chi connectivity index (χ2n) is 2.10. The second-order valence-corrected chi connectivity index (χ2v) is 2.10. The highest BCUT2D eigenvalue weighted by molar-refractivity contribution is 5.42. The van der Waals surface area contributed by atoms with Crippen LogP contribution >= 0.6 is 0 Å². The van der Waals surface area contributed by atoms with Crippen LogP contribution in [0.25, 0.3) is 11.7 Å². The number of furan rings is 1. The van der Waals surface area contributed by atoms with E-state index in [1.807, 2.05) is 0 Å². The third kappa shape index (κ3) is 1.02. The molecule has 0 atom stereocenters. The van der Waals surface area contributed by atoms with Gasteiger partial charge in [0.2, 0.25) is 5.89 Å². The van der Waals surface area contributed by atoms with Crippen LogP contribution in [-0.2, 0) is 0 Å². The van der Waals surface area contributed by atoms with Crippen molar-refractivity contribution in [2.24, 2.45) is 0 Å². The van der Waals surface area contributed by atoms with Gasteiger partial charge >= 0.3 is 0 Å². The van der Waals surface area contributed by atoms with Crippen LogP contribution in [0.15, 0.2) is 27.2 Å². The summed E-state index contributed by atoms with van der Waals surface area (Å²) < 4.78 is 10.1. The molecule has 0 N–H and O–H groups in total. The molecule has 11 heavy (non-hydrogen) atoms. The van der Waals surface area contributed by atoms with E-state index in [0.717, 1.165) is 0 Å². The first kappa shape index (κ1) is 6.15. The molecule has 2 aromatic heterocycles. The molecular weight excluding hydrogens is 144 g/mol. The maximum absolute atomic E-state index is 5.11. The topological polar surface area (TPSA) is 52.1 Å². The van der Waals surface area contributed by atoms with Gasteiger partial charge in [0, 0.05) is 6.92 Å². The number of nitrogens with zero attached hydrogens (tertiary/aromatic N) is 2. The fourth-order valence-electron chi connectivity index (χ4n) is 0.796. The van der Waals surface area contributed by atoms with Crippen molar-refractivity contribution < 1.29 is 8.83 Å². The Kier molecular flexibility index (Phi) is 1.25. The molecule has 0 aliphatic rings. The first-order chi connectivity index (χ1) is 5.36. The van der Waals surface area contributed by atoms with Crippen molar-refractivity contribution in [1.29, 1.82) is 0 Å². The molecular formula is C7H6N2O2. The lowest BCUT2D eigenvalue weighted by Crippen LogP contribution is -1.71. The van der Waals surface area contributed by atoms with Crippen LogP contribution in [-0.4, -0.2) is 10.2 Å². The van der Waals surface area contributed by atoms with Crippen molar-refractivity contribution in [1.82, 2.24) is 10.2 Å². The Morgan fingerprint density at radius 1 is 1.36 bits per heavy atom.